The maximum atomic E-state index is 6.20. The summed E-state index contributed by atoms with van der Waals surface area (Å²) in [5.41, 5.74) is 9.92. The number of H-pyrrole nitrogens is 1. The standard InChI is InChI=1S/C13H17BrN2/c1-3-10(15)13-9-7-8(14)5-6-12(9)16-11(13)4-2/h5-7,10,16H,3-4,15H2,1-2H3. The van der Waals surface area contributed by atoms with E-state index in [-0.39, 0.29) is 6.04 Å². The monoisotopic (exact) mass is 280 g/mol. The first-order chi connectivity index (χ1) is 7.67. The highest BCUT2D eigenvalue weighted by atomic mass is 79.9. The Labute approximate surface area is 104 Å². The first-order valence-corrected chi connectivity index (χ1v) is 6.52. The molecule has 2 aromatic rings. The van der Waals surface area contributed by atoms with Gasteiger partial charge in [0.25, 0.3) is 0 Å². The lowest BCUT2D eigenvalue weighted by Crippen LogP contribution is -2.10. The molecule has 0 saturated heterocycles. The number of hydrogen-bond acceptors (Lipinski definition) is 1. The smallest absolute Gasteiger partial charge is 0.0460 e. The fraction of sp³-hybridized carbons (Fsp3) is 0.385. The lowest BCUT2D eigenvalue weighted by molar-refractivity contribution is 0.694. The zero-order chi connectivity index (χ0) is 11.7. The van der Waals surface area contributed by atoms with Crippen LogP contribution in [-0.2, 0) is 6.42 Å². The second-order valence-electron chi connectivity index (χ2n) is 4.08. The van der Waals surface area contributed by atoms with Crippen molar-refractivity contribution in [1.82, 2.24) is 4.98 Å². The Morgan fingerprint density at radius 3 is 2.75 bits per heavy atom. The molecule has 0 bridgehead atoms. The van der Waals surface area contributed by atoms with E-state index in [1.54, 1.807) is 0 Å². The van der Waals surface area contributed by atoms with Gasteiger partial charge in [-0.05, 0) is 36.6 Å². The van der Waals surface area contributed by atoms with Gasteiger partial charge in [-0.15, -0.1) is 0 Å². The predicted molar refractivity (Wildman–Crippen MR) is 72.6 cm³/mol. The Morgan fingerprint density at radius 1 is 1.38 bits per heavy atom. The van der Waals surface area contributed by atoms with Gasteiger partial charge in [0.1, 0.15) is 0 Å². The molecule has 0 radical (unpaired) electrons. The Morgan fingerprint density at radius 2 is 2.12 bits per heavy atom. The molecule has 3 heteroatoms. The highest BCUT2D eigenvalue weighted by Crippen LogP contribution is 2.30. The van der Waals surface area contributed by atoms with Crippen molar-refractivity contribution < 1.29 is 0 Å². The molecule has 2 nitrogen and oxygen atoms in total. The largest absolute Gasteiger partial charge is 0.358 e. The normalized spacial score (nSPS) is 13.2. The molecule has 0 aliphatic carbocycles. The second kappa shape index (κ2) is 4.60. The van der Waals surface area contributed by atoms with E-state index in [1.807, 2.05) is 0 Å². The lowest BCUT2D eigenvalue weighted by Gasteiger charge is -2.10. The van der Waals surface area contributed by atoms with Gasteiger partial charge in [0.05, 0.1) is 0 Å². The molecule has 1 aromatic heterocycles. The summed E-state index contributed by atoms with van der Waals surface area (Å²) in [5, 5.41) is 1.25. The summed E-state index contributed by atoms with van der Waals surface area (Å²) >= 11 is 3.51. The molecule has 0 fully saturated rings. The molecule has 1 atom stereocenters. The maximum Gasteiger partial charge on any atom is 0.0460 e. The van der Waals surface area contributed by atoms with Crippen molar-refractivity contribution in [2.75, 3.05) is 0 Å². The third-order valence-electron chi connectivity index (χ3n) is 3.05. The van der Waals surface area contributed by atoms with E-state index in [2.05, 4.69) is 53.0 Å². The fourth-order valence-corrected chi connectivity index (χ4v) is 2.51. The van der Waals surface area contributed by atoms with Gasteiger partial charge in [-0.3, -0.25) is 0 Å². The average molecular weight is 281 g/mol. The molecule has 1 unspecified atom stereocenters. The molecular formula is C13H17BrN2. The van der Waals surface area contributed by atoms with E-state index in [9.17, 15) is 0 Å². The van der Waals surface area contributed by atoms with Crippen LogP contribution in [0.15, 0.2) is 22.7 Å². The van der Waals surface area contributed by atoms with Crippen LogP contribution in [-0.4, -0.2) is 4.98 Å². The van der Waals surface area contributed by atoms with Crippen LogP contribution in [0.1, 0.15) is 37.6 Å². The average Bonchev–Trinajstić information content (AvgIpc) is 2.65. The van der Waals surface area contributed by atoms with Gasteiger partial charge in [0.15, 0.2) is 0 Å². The molecule has 1 aromatic carbocycles. The number of aromatic nitrogens is 1. The van der Waals surface area contributed by atoms with Crippen LogP contribution in [0.4, 0.5) is 0 Å². The third kappa shape index (κ3) is 1.89. The molecule has 1 heterocycles. The summed E-state index contributed by atoms with van der Waals surface area (Å²) in [7, 11) is 0. The van der Waals surface area contributed by atoms with Crippen LogP contribution in [0.25, 0.3) is 10.9 Å². The molecule has 86 valence electrons. The molecule has 0 amide bonds. The van der Waals surface area contributed by atoms with Crippen LogP contribution in [0.3, 0.4) is 0 Å². The number of fused-ring (bicyclic) bond motifs is 1. The van der Waals surface area contributed by atoms with Crippen molar-refractivity contribution in [1.29, 1.82) is 0 Å². The highest BCUT2D eigenvalue weighted by Gasteiger charge is 2.15. The topological polar surface area (TPSA) is 41.8 Å². The number of nitrogens with two attached hydrogens (primary N) is 1. The van der Waals surface area contributed by atoms with Crippen molar-refractivity contribution in [3.8, 4) is 0 Å². The first kappa shape index (κ1) is 11.7. The molecule has 16 heavy (non-hydrogen) atoms. The predicted octanol–water partition coefficient (Wildman–Crippen LogP) is 3.90. The molecule has 0 aliphatic heterocycles. The Balaban J connectivity index is 2.70. The van der Waals surface area contributed by atoms with E-state index >= 15 is 0 Å². The molecular weight excluding hydrogens is 264 g/mol. The minimum Gasteiger partial charge on any atom is -0.358 e. The van der Waals surface area contributed by atoms with E-state index in [4.69, 9.17) is 5.73 Å². The van der Waals surface area contributed by atoms with E-state index in [0.717, 1.165) is 17.3 Å². The molecule has 2 rings (SSSR count). The highest BCUT2D eigenvalue weighted by molar-refractivity contribution is 9.10. The molecule has 0 saturated carbocycles. The van der Waals surface area contributed by atoms with Crippen LogP contribution in [0, 0.1) is 0 Å². The van der Waals surface area contributed by atoms with Gasteiger partial charge >= 0.3 is 0 Å². The molecule has 0 aliphatic rings. The van der Waals surface area contributed by atoms with Crippen molar-refractivity contribution >= 4 is 26.8 Å². The Hall–Kier alpha value is -0.800. The van der Waals surface area contributed by atoms with Crippen molar-refractivity contribution in [3.05, 3.63) is 33.9 Å². The summed E-state index contributed by atoms with van der Waals surface area (Å²) in [6, 6.07) is 6.43. The lowest BCUT2D eigenvalue weighted by atomic mass is 10.0. The van der Waals surface area contributed by atoms with Crippen molar-refractivity contribution in [2.45, 2.75) is 32.7 Å². The number of nitrogens with one attached hydrogen (secondary N) is 1. The van der Waals surface area contributed by atoms with E-state index < -0.39 is 0 Å². The molecule has 0 spiro atoms. The Kier molecular flexibility index (Phi) is 3.36. The van der Waals surface area contributed by atoms with E-state index in [0.29, 0.717) is 0 Å². The number of hydrogen-bond donors (Lipinski definition) is 2. The van der Waals surface area contributed by atoms with Crippen LogP contribution in [0.5, 0.6) is 0 Å². The minimum atomic E-state index is 0.123. The maximum absolute atomic E-state index is 6.20. The van der Waals surface area contributed by atoms with E-state index in [1.165, 1.54) is 22.2 Å². The zero-order valence-electron chi connectivity index (χ0n) is 9.68. The zero-order valence-corrected chi connectivity index (χ0v) is 11.3. The quantitative estimate of drug-likeness (QED) is 0.880. The van der Waals surface area contributed by atoms with Gasteiger partial charge in [-0.1, -0.05) is 29.8 Å². The SMILES string of the molecule is CCc1[nH]c2ccc(Br)cc2c1C(N)CC. The van der Waals surface area contributed by atoms with Crippen LogP contribution in [0.2, 0.25) is 0 Å². The number of halogens is 1. The van der Waals surface area contributed by atoms with Crippen molar-refractivity contribution in [2.24, 2.45) is 5.73 Å². The van der Waals surface area contributed by atoms with Crippen molar-refractivity contribution in [3.63, 3.8) is 0 Å². The van der Waals surface area contributed by atoms with Gasteiger partial charge in [-0.2, -0.15) is 0 Å². The van der Waals surface area contributed by atoms with Gasteiger partial charge in [-0.25, -0.2) is 0 Å². The van der Waals surface area contributed by atoms with Crippen LogP contribution >= 0.6 is 15.9 Å². The summed E-state index contributed by atoms with van der Waals surface area (Å²) in [5.74, 6) is 0. The summed E-state index contributed by atoms with van der Waals surface area (Å²) in [4.78, 5) is 3.46. The first-order valence-electron chi connectivity index (χ1n) is 5.73. The van der Waals surface area contributed by atoms with Gasteiger partial charge in [0, 0.05) is 27.1 Å². The number of aryl methyl sites for hydroxylation is 1. The summed E-state index contributed by atoms with van der Waals surface area (Å²) in [6.07, 6.45) is 1.96. The van der Waals surface area contributed by atoms with Gasteiger partial charge < -0.3 is 10.7 Å². The minimum absolute atomic E-state index is 0.123. The fourth-order valence-electron chi connectivity index (χ4n) is 2.15. The Bertz CT molecular complexity index is 502. The summed E-state index contributed by atoms with van der Waals surface area (Å²) in [6.45, 7) is 4.28. The number of benzene rings is 1. The molecule has 3 N–H and O–H groups in total. The number of rotatable bonds is 3. The summed E-state index contributed by atoms with van der Waals surface area (Å²) < 4.78 is 1.10. The number of aromatic amines is 1. The third-order valence-corrected chi connectivity index (χ3v) is 3.54. The van der Waals surface area contributed by atoms with Gasteiger partial charge in [0.2, 0.25) is 0 Å². The second-order valence-corrected chi connectivity index (χ2v) is 4.99. The van der Waals surface area contributed by atoms with Crippen LogP contribution < -0.4 is 5.73 Å².